The van der Waals surface area contributed by atoms with Crippen molar-refractivity contribution < 1.29 is 9.13 Å². The van der Waals surface area contributed by atoms with Crippen molar-refractivity contribution in [3.05, 3.63) is 65.0 Å². The maximum Gasteiger partial charge on any atom is 0.143 e. The number of fused-ring (bicyclic) bond motifs is 1. The smallest absolute Gasteiger partial charge is 0.143 e. The zero-order valence-corrected chi connectivity index (χ0v) is 15.9. The number of anilines is 2. The van der Waals surface area contributed by atoms with E-state index in [1.165, 1.54) is 18.5 Å². The fourth-order valence-corrected chi connectivity index (χ4v) is 3.89. The van der Waals surface area contributed by atoms with Crippen LogP contribution in [0.15, 0.2) is 54.2 Å². The predicted octanol–water partition coefficient (Wildman–Crippen LogP) is 6.29. The van der Waals surface area contributed by atoms with Crippen molar-refractivity contribution in [3.8, 4) is 16.9 Å². The van der Waals surface area contributed by atoms with Crippen molar-refractivity contribution in [3.63, 3.8) is 0 Å². The number of nitrogens with zero attached hydrogens (tertiary/aromatic N) is 2. The number of halogens is 2. The maximum absolute atomic E-state index is 13.4. The second kappa shape index (κ2) is 7.50. The van der Waals surface area contributed by atoms with Gasteiger partial charge in [0.25, 0.3) is 0 Å². The first-order valence-corrected chi connectivity index (χ1v) is 9.59. The highest BCUT2D eigenvalue weighted by Gasteiger charge is 2.14. The molecular weight excluding hydrogens is 385 g/mol. The van der Waals surface area contributed by atoms with E-state index in [1.54, 1.807) is 17.4 Å². The molecular formula is C20H15ClFN3OS. The molecule has 0 amide bonds. The Hall–Kier alpha value is -2.70. The Morgan fingerprint density at radius 1 is 1.15 bits per heavy atom. The lowest BCUT2D eigenvalue weighted by atomic mass is 10.1. The molecule has 0 bridgehead atoms. The number of hydrogen-bond donors (Lipinski definition) is 1. The van der Waals surface area contributed by atoms with Gasteiger partial charge in [-0.05, 0) is 42.8 Å². The Balaban J connectivity index is 1.76. The highest BCUT2D eigenvalue weighted by Crippen LogP contribution is 2.38. The average Bonchev–Trinajstić information content (AvgIpc) is 3.11. The number of rotatable bonds is 5. The Morgan fingerprint density at radius 3 is 2.70 bits per heavy atom. The molecule has 0 unspecified atom stereocenters. The molecule has 2 aromatic carbocycles. The Labute approximate surface area is 164 Å². The van der Waals surface area contributed by atoms with E-state index >= 15 is 0 Å². The summed E-state index contributed by atoms with van der Waals surface area (Å²) in [5.41, 5.74) is 2.72. The highest BCUT2D eigenvalue weighted by molar-refractivity contribution is 7.17. The van der Waals surface area contributed by atoms with Gasteiger partial charge in [0, 0.05) is 16.6 Å². The summed E-state index contributed by atoms with van der Waals surface area (Å²) in [6.45, 7) is 2.58. The molecule has 0 spiro atoms. The van der Waals surface area contributed by atoms with E-state index in [2.05, 4.69) is 20.7 Å². The highest BCUT2D eigenvalue weighted by atomic mass is 35.5. The molecule has 4 nitrogen and oxygen atoms in total. The molecule has 7 heteroatoms. The van der Waals surface area contributed by atoms with Crippen molar-refractivity contribution in [1.82, 2.24) is 9.97 Å². The minimum absolute atomic E-state index is 0.0577. The molecule has 136 valence electrons. The van der Waals surface area contributed by atoms with E-state index in [0.29, 0.717) is 18.1 Å². The monoisotopic (exact) mass is 399 g/mol. The van der Waals surface area contributed by atoms with E-state index < -0.39 is 5.82 Å². The first kappa shape index (κ1) is 17.7. The quantitative estimate of drug-likeness (QED) is 0.428. The van der Waals surface area contributed by atoms with Gasteiger partial charge in [0.2, 0.25) is 0 Å². The molecule has 4 aromatic rings. The Kier molecular flexibility index (Phi) is 4.92. The molecule has 0 aliphatic heterocycles. The molecule has 2 heterocycles. The van der Waals surface area contributed by atoms with Gasteiger partial charge in [-0.2, -0.15) is 0 Å². The van der Waals surface area contributed by atoms with Gasteiger partial charge in [-0.3, -0.25) is 0 Å². The number of hydrogen-bond acceptors (Lipinski definition) is 5. The fourth-order valence-electron chi connectivity index (χ4n) is 2.79. The topological polar surface area (TPSA) is 47.0 Å². The van der Waals surface area contributed by atoms with Crippen molar-refractivity contribution in [2.75, 3.05) is 11.9 Å². The standard InChI is InChI=1S/C20H15ClFN3OS/c1-2-26-14-6-3-12(4-7-14)15-10-27-20-18(15)19(23-11-24-20)25-13-5-8-17(22)16(21)9-13/h3-11H,2H2,1H3,(H,23,24,25). The number of aromatic nitrogens is 2. The van der Waals surface area contributed by atoms with Crippen LogP contribution in [0.5, 0.6) is 5.75 Å². The van der Waals surface area contributed by atoms with Gasteiger partial charge in [-0.15, -0.1) is 11.3 Å². The third kappa shape index (κ3) is 3.59. The predicted molar refractivity (Wildman–Crippen MR) is 109 cm³/mol. The summed E-state index contributed by atoms with van der Waals surface area (Å²) in [7, 11) is 0. The number of thiophene rings is 1. The summed E-state index contributed by atoms with van der Waals surface area (Å²) >= 11 is 7.43. The van der Waals surface area contributed by atoms with Gasteiger partial charge in [-0.1, -0.05) is 23.7 Å². The zero-order chi connectivity index (χ0) is 18.8. The third-order valence-electron chi connectivity index (χ3n) is 4.03. The van der Waals surface area contributed by atoms with Gasteiger partial charge >= 0.3 is 0 Å². The average molecular weight is 400 g/mol. The van der Waals surface area contributed by atoms with Crippen LogP contribution in [0.4, 0.5) is 15.9 Å². The molecule has 27 heavy (non-hydrogen) atoms. The molecule has 0 saturated carbocycles. The van der Waals surface area contributed by atoms with Gasteiger partial charge in [0.1, 0.15) is 28.5 Å². The van der Waals surface area contributed by atoms with Crippen LogP contribution in [0.3, 0.4) is 0 Å². The molecule has 0 aliphatic carbocycles. The summed E-state index contributed by atoms with van der Waals surface area (Å²) in [6.07, 6.45) is 1.51. The first-order chi connectivity index (χ1) is 13.2. The van der Waals surface area contributed by atoms with E-state index in [9.17, 15) is 4.39 Å². The third-order valence-corrected chi connectivity index (χ3v) is 5.20. The fraction of sp³-hybridized carbons (Fsp3) is 0.100. The van der Waals surface area contributed by atoms with Crippen molar-refractivity contribution in [2.45, 2.75) is 6.92 Å². The first-order valence-electron chi connectivity index (χ1n) is 8.33. The van der Waals surface area contributed by atoms with Crippen molar-refractivity contribution in [1.29, 1.82) is 0 Å². The van der Waals surface area contributed by atoms with E-state index in [-0.39, 0.29) is 5.02 Å². The van der Waals surface area contributed by atoms with Crippen molar-refractivity contribution in [2.24, 2.45) is 0 Å². The number of benzene rings is 2. The lowest BCUT2D eigenvalue weighted by Crippen LogP contribution is -1.96. The zero-order valence-electron chi connectivity index (χ0n) is 14.4. The lowest BCUT2D eigenvalue weighted by Gasteiger charge is -2.09. The van der Waals surface area contributed by atoms with Crippen LogP contribution in [-0.2, 0) is 0 Å². The minimum Gasteiger partial charge on any atom is -0.494 e. The normalized spacial score (nSPS) is 10.9. The van der Waals surface area contributed by atoms with Crippen LogP contribution in [0, 0.1) is 5.82 Å². The van der Waals surface area contributed by atoms with Crippen LogP contribution in [0.25, 0.3) is 21.3 Å². The molecule has 1 N–H and O–H groups in total. The molecule has 0 radical (unpaired) electrons. The molecule has 4 rings (SSSR count). The second-order valence-corrected chi connectivity index (χ2v) is 7.03. The van der Waals surface area contributed by atoms with Crippen LogP contribution in [-0.4, -0.2) is 16.6 Å². The second-order valence-electron chi connectivity index (χ2n) is 5.76. The molecule has 2 aromatic heterocycles. The minimum atomic E-state index is -0.458. The molecule has 0 atom stereocenters. The summed E-state index contributed by atoms with van der Waals surface area (Å²) < 4.78 is 18.9. The van der Waals surface area contributed by atoms with Gasteiger partial charge in [0.15, 0.2) is 0 Å². The van der Waals surface area contributed by atoms with E-state index in [4.69, 9.17) is 16.3 Å². The lowest BCUT2D eigenvalue weighted by molar-refractivity contribution is 0.340. The van der Waals surface area contributed by atoms with Crippen molar-refractivity contribution >= 4 is 44.7 Å². The summed E-state index contributed by atoms with van der Waals surface area (Å²) in [5, 5.41) is 6.24. The Morgan fingerprint density at radius 2 is 1.96 bits per heavy atom. The Bertz CT molecular complexity index is 1100. The van der Waals surface area contributed by atoms with E-state index in [1.807, 2.05) is 31.2 Å². The summed E-state index contributed by atoms with van der Waals surface area (Å²) in [4.78, 5) is 9.61. The SMILES string of the molecule is CCOc1ccc(-c2csc3ncnc(Nc4ccc(F)c(Cl)c4)c23)cc1. The van der Waals surface area contributed by atoms with Gasteiger partial charge in [0.05, 0.1) is 17.0 Å². The summed E-state index contributed by atoms with van der Waals surface area (Å²) in [5.74, 6) is 1.02. The van der Waals surface area contributed by atoms with Crippen LogP contribution in [0.1, 0.15) is 6.92 Å². The molecule has 0 fully saturated rings. The van der Waals surface area contributed by atoms with Crippen LogP contribution in [0.2, 0.25) is 5.02 Å². The van der Waals surface area contributed by atoms with Crippen LogP contribution >= 0.6 is 22.9 Å². The van der Waals surface area contributed by atoms with Crippen LogP contribution < -0.4 is 10.1 Å². The van der Waals surface area contributed by atoms with Gasteiger partial charge < -0.3 is 10.1 Å². The molecule has 0 aliphatic rings. The summed E-state index contributed by atoms with van der Waals surface area (Å²) in [6, 6.07) is 12.4. The molecule has 0 saturated heterocycles. The number of nitrogens with one attached hydrogen (secondary N) is 1. The van der Waals surface area contributed by atoms with E-state index in [0.717, 1.165) is 27.1 Å². The number of ether oxygens (including phenoxy) is 1. The van der Waals surface area contributed by atoms with Gasteiger partial charge in [-0.25, -0.2) is 14.4 Å². The largest absolute Gasteiger partial charge is 0.494 e. The maximum atomic E-state index is 13.4.